The van der Waals surface area contributed by atoms with E-state index in [2.05, 4.69) is 6.58 Å². The molecule has 0 aliphatic heterocycles. The molecule has 0 aromatic heterocycles. The quantitative estimate of drug-likeness (QED) is 0.405. The summed E-state index contributed by atoms with van der Waals surface area (Å²) >= 11 is 0. The molecule has 0 rings (SSSR count). The smallest absolute Gasteiger partial charge is 0.0749 e. The third kappa shape index (κ3) is 35.1. The predicted molar refractivity (Wildman–Crippen MR) is 39.7 cm³/mol. The number of hydrogen-bond donors (Lipinski definition) is 2. The van der Waals surface area contributed by atoms with Gasteiger partial charge in [-0.25, -0.2) is 0 Å². The van der Waals surface area contributed by atoms with Crippen molar-refractivity contribution in [1.29, 1.82) is 0 Å². The fourth-order valence-corrected chi connectivity index (χ4v) is 0.118. The Morgan fingerprint density at radius 3 is 2.22 bits per heavy atom. The SMILES string of the molecule is C=CCN.CCC[NH2+][O-]. The van der Waals surface area contributed by atoms with E-state index in [9.17, 15) is 5.21 Å². The Hall–Kier alpha value is -0.380. The van der Waals surface area contributed by atoms with Crippen molar-refractivity contribution in [2.75, 3.05) is 13.1 Å². The first-order valence-electron chi connectivity index (χ1n) is 3.08. The molecule has 9 heavy (non-hydrogen) atoms. The molecule has 0 fully saturated rings. The highest BCUT2D eigenvalue weighted by molar-refractivity contribution is 4.64. The maximum Gasteiger partial charge on any atom is 0.0749 e. The molecule has 0 aliphatic carbocycles. The highest BCUT2D eigenvalue weighted by atomic mass is 16.5. The maximum atomic E-state index is 9.40. The van der Waals surface area contributed by atoms with Crippen LogP contribution in [0.3, 0.4) is 0 Å². The summed E-state index contributed by atoms with van der Waals surface area (Å²) in [6.07, 6.45) is 2.63. The van der Waals surface area contributed by atoms with Crippen LogP contribution in [0.25, 0.3) is 0 Å². The molecule has 3 nitrogen and oxygen atoms in total. The minimum atomic E-state index is 0.583. The van der Waals surface area contributed by atoms with Crippen LogP contribution in [0, 0.1) is 5.21 Å². The molecule has 0 spiro atoms. The van der Waals surface area contributed by atoms with Crippen LogP contribution in [0.15, 0.2) is 12.7 Å². The van der Waals surface area contributed by atoms with Gasteiger partial charge in [-0.05, 0) is 6.42 Å². The van der Waals surface area contributed by atoms with Crippen molar-refractivity contribution in [3.05, 3.63) is 17.9 Å². The molecule has 0 bridgehead atoms. The topological polar surface area (TPSA) is 65.7 Å². The van der Waals surface area contributed by atoms with Crippen molar-refractivity contribution < 1.29 is 5.48 Å². The lowest BCUT2D eigenvalue weighted by Crippen LogP contribution is -2.77. The average Bonchev–Trinajstić information content (AvgIpc) is 1.91. The molecule has 0 saturated heterocycles. The molecule has 56 valence electrons. The van der Waals surface area contributed by atoms with Gasteiger partial charge in [-0.2, -0.15) is 0 Å². The first-order chi connectivity index (χ1) is 4.33. The third-order valence-corrected chi connectivity index (χ3v) is 0.573. The molecule has 0 aromatic rings. The second kappa shape index (κ2) is 15.6. The second-order valence-electron chi connectivity index (χ2n) is 1.48. The Balaban J connectivity index is 0. The summed E-state index contributed by atoms with van der Waals surface area (Å²) < 4.78 is 0. The van der Waals surface area contributed by atoms with Gasteiger partial charge < -0.3 is 16.4 Å². The van der Waals surface area contributed by atoms with Crippen molar-refractivity contribution in [3.8, 4) is 0 Å². The Labute approximate surface area is 56.5 Å². The monoisotopic (exact) mass is 132 g/mol. The zero-order valence-corrected chi connectivity index (χ0v) is 5.97. The van der Waals surface area contributed by atoms with Crippen LogP contribution < -0.4 is 11.2 Å². The fraction of sp³-hybridized carbons (Fsp3) is 0.667. The normalized spacial score (nSPS) is 7.44. The average molecular weight is 132 g/mol. The maximum absolute atomic E-state index is 9.40. The predicted octanol–water partition coefficient (Wildman–Crippen LogP) is -0.411. The Morgan fingerprint density at radius 1 is 1.78 bits per heavy atom. The highest BCUT2D eigenvalue weighted by Crippen LogP contribution is 1.56. The van der Waals surface area contributed by atoms with E-state index in [-0.39, 0.29) is 0 Å². The Bertz CT molecular complexity index is 46.3. The van der Waals surface area contributed by atoms with Crippen LogP contribution >= 0.6 is 0 Å². The lowest BCUT2D eigenvalue weighted by molar-refractivity contribution is -0.588. The van der Waals surface area contributed by atoms with E-state index in [1.165, 1.54) is 0 Å². The van der Waals surface area contributed by atoms with E-state index in [1.54, 1.807) is 6.08 Å². The molecule has 0 saturated carbocycles. The van der Waals surface area contributed by atoms with E-state index in [0.29, 0.717) is 13.1 Å². The lowest BCUT2D eigenvalue weighted by Gasteiger charge is -1.93. The minimum absolute atomic E-state index is 0.583. The molecule has 0 amide bonds. The summed E-state index contributed by atoms with van der Waals surface area (Å²) in [7, 11) is 0. The molecular weight excluding hydrogens is 116 g/mol. The van der Waals surface area contributed by atoms with Gasteiger partial charge in [-0.3, -0.25) is 0 Å². The summed E-state index contributed by atoms with van der Waals surface area (Å²) in [6.45, 7) is 6.63. The van der Waals surface area contributed by atoms with Gasteiger partial charge in [0.2, 0.25) is 0 Å². The van der Waals surface area contributed by atoms with Gasteiger partial charge in [0.25, 0.3) is 0 Å². The molecule has 0 atom stereocenters. The van der Waals surface area contributed by atoms with Crippen LogP contribution in [0.5, 0.6) is 0 Å². The molecule has 0 aliphatic rings. The third-order valence-electron chi connectivity index (χ3n) is 0.573. The molecular formula is C6H16N2O. The number of nitrogens with two attached hydrogens (primary N) is 2. The van der Waals surface area contributed by atoms with Gasteiger partial charge in [0.15, 0.2) is 0 Å². The number of hydrogen-bond acceptors (Lipinski definition) is 2. The van der Waals surface area contributed by atoms with E-state index in [1.807, 2.05) is 6.92 Å². The summed E-state index contributed by atoms with van der Waals surface area (Å²) in [4.78, 5) is 0. The summed E-state index contributed by atoms with van der Waals surface area (Å²) in [5.74, 6) is 0. The van der Waals surface area contributed by atoms with Crippen molar-refractivity contribution in [2.45, 2.75) is 13.3 Å². The van der Waals surface area contributed by atoms with Crippen LogP contribution in [0.2, 0.25) is 0 Å². The van der Waals surface area contributed by atoms with Gasteiger partial charge >= 0.3 is 0 Å². The number of rotatable bonds is 3. The summed E-state index contributed by atoms with van der Waals surface area (Å²) in [5.41, 5.74) is 5.84. The summed E-state index contributed by atoms with van der Waals surface area (Å²) in [5, 5.41) is 9.40. The second-order valence-corrected chi connectivity index (χ2v) is 1.48. The van der Waals surface area contributed by atoms with Crippen LogP contribution in [-0.2, 0) is 0 Å². The lowest BCUT2D eigenvalue weighted by atomic mass is 10.5. The molecule has 0 aromatic carbocycles. The van der Waals surface area contributed by atoms with Crippen molar-refractivity contribution in [3.63, 3.8) is 0 Å². The molecule has 3 heteroatoms. The largest absolute Gasteiger partial charge is 0.636 e. The molecule has 4 N–H and O–H groups in total. The van der Waals surface area contributed by atoms with Crippen molar-refractivity contribution in [2.24, 2.45) is 5.73 Å². The van der Waals surface area contributed by atoms with Gasteiger partial charge in [-0.1, -0.05) is 13.0 Å². The Kier molecular flexibility index (Phi) is 19.9. The standard InChI is InChI=1S/C3H9NO.C3H7N/c1-2-3-4-5;1-2-3-4/h2-4H2,1H3;2H,1,3-4H2. The van der Waals surface area contributed by atoms with E-state index in [4.69, 9.17) is 5.73 Å². The number of hydroxylamine groups is 1. The van der Waals surface area contributed by atoms with Gasteiger partial charge in [0.05, 0.1) is 6.54 Å². The zero-order chi connectivity index (χ0) is 7.54. The molecule has 0 unspecified atom stereocenters. The first kappa shape index (κ1) is 11.4. The van der Waals surface area contributed by atoms with Crippen molar-refractivity contribution >= 4 is 0 Å². The molecule has 0 radical (unpaired) electrons. The first-order valence-corrected chi connectivity index (χ1v) is 3.08. The van der Waals surface area contributed by atoms with E-state index in [0.717, 1.165) is 11.9 Å². The van der Waals surface area contributed by atoms with Crippen LogP contribution in [-0.4, -0.2) is 13.1 Å². The summed E-state index contributed by atoms with van der Waals surface area (Å²) in [6, 6.07) is 0. The number of quaternary nitrogens is 1. The zero-order valence-electron chi connectivity index (χ0n) is 5.97. The van der Waals surface area contributed by atoms with Gasteiger partial charge in [0, 0.05) is 6.54 Å². The van der Waals surface area contributed by atoms with Crippen LogP contribution in [0.1, 0.15) is 13.3 Å². The highest BCUT2D eigenvalue weighted by Gasteiger charge is 1.65. The van der Waals surface area contributed by atoms with E-state index >= 15 is 0 Å². The molecule has 0 heterocycles. The van der Waals surface area contributed by atoms with E-state index < -0.39 is 0 Å². The fourth-order valence-electron chi connectivity index (χ4n) is 0.118. The minimum Gasteiger partial charge on any atom is -0.636 e. The van der Waals surface area contributed by atoms with Gasteiger partial charge in [-0.15, -0.1) is 6.58 Å². The Morgan fingerprint density at radius 2 is 2.22 bits per heavy atom. The van der Waals surface area contributed by atoms with Crippen LogP contribution in [0.4, 0.5) is 0 Å². The van der Waals surface area contributed by atoms with Gasteiger partial charge in [0.1, 0.15) is 0 Å². The van der Waals surface area contributed by atoms with Crippen molar-refractivity contribution in [1.82, 2.24) is 0 Å².